The van der Waals surface area contributed by atoms with E-state index in [1.165, 1.54) is 24.8 Å². The molecule has 3 aromatic rings. The zero-order valence-corrected chi connectivity index (χ0v) is 19.7. The van der Waals surface area contributed by atoms with Gasteiger partial charge in [0.05, 0.1) is 18.5 Å². The number of amides is 1. The van der Waals surface area contributed by atoms with E-state index in [0.717, 1.165) is 53.9 Å². The summed E-state index contributed by atoms with van der Waals surface area (Å²) in [5.41, 5.74) is 5.89. The number of aromatic nitrogens is 2. The third-order valence-corrected chi connectivity index (χ3v) is 6.88. The van der Waals surface area contributed by atoms with Crippen molar-refractivity contribution in [1.82, 2.24) is 9.97 Å². The molecule has 1 aromatic heterocycles. The maximum Gasteiger partial charge on any atom is 0.225 e. The number of aryl methyl sites for hydroxylation is 2. The fourth-order valence-electron chi connectivity index (χ4n) is 5.05. The molecule has 5 rings (SSSR count). The number of hydrogen-bond donors (Lipinski definition) is 1. The van der Waals surface area contributed by atoms with E-state index in [-0.39, 0.29) is 5.91 Å². The van der Waals surface area contributed by atoms with Gasteiger partial charge in [-0.2, -0.15) is 0 Å². The van der Waals surface area contributed by atoms with Crippen LogP contribution in [0, 0.1) is 5.92 Å². The lowest BCUT2D eigenvalue weighted by Crippen LogP contribution is -2.21. The maximum atomic E-state index is 12.9. The van der Waals surface area contributed by atoms with Crippen LogP contribution in [0.1, 0.15) is 61.0 Å². The molecule has 1 N–H and O–H groups in total. The van der Waals surface area contributed by atoms with Gasteiger partial charge in [0.25, 0.3) is 0 Å². The molecule has 174 valence electrons. The van der Waals surface area contributed by atoms with Gasteiger partial charge in [-0.05, 0) is 67.0 Å². The van der Waals surface area contributed by atoms with Crippen molar-refractivity contribution in [2.45, 2.75) is 51.4 Å². The lowest BCUT2D eigenvalue weighted by Gasteiger charge is -2.22. The summed E-state index contributed by atoms with van der Waals surface area (Å²) < 4.78 is 5.41. The highest BCUT2D eigenvalue weighted by Crippen LogP contribution is 2.35. The van der Waals surface area contributed by atoms with Crippen LogP contribution in [-0.2, 0) is 17.6 Å². The maximum absolute atomic E-state index is 12.9. The average molecular weight is 454 g/mol. The first-order chi connectivity index (χ1) is 16.7. The molecule has 0 aliphatic heterocycles. The molecule has 1 fully saturated rings. The van der Waals surface area contributed by atoms with Crippen molar-refractivity contribution in [3.05, 3.63) is 71.0 Å². The van der Waals surface area contributed by atoms with Crippen LogP contribution in [-0.4, -0.2) is 23.0 Å². The number of carbonyl (C=O) groups is 1. The van der Waals surface area contributed by atoms with E-state index < -0.39 is 0 Å². The van der Waals surface area contributed by atoms with Crippen molar-refractivity contribution in [1.29, 1.82) is 0 Å². The second-order valence-electron chi connectivity index (χ2n) is 9.28. The summed E-state index contributed by atoms with van der Waals surface area (Å²) in [5, 5.41) is 3.10. The van der Waals surface area contributed by atoms with Crippen molar-refractivity contribution >= 4 is 23.9 Å². The van der Waals surface area contributed by atoms with Gasteiger partial charge in [0.2, 0.25) is 5.91 Å². The van der Waals surface area contributed by atoms with Crippen LogP contribution < -0.4 is 10.1 Å². The number of carbonyl (C=O) groups excluding carboxylic acids is 1. The Bertz CT molecular complexity index is 1200. The molecule has 0 spiro atoms. The summed E-state index contributed by atoms with van der Waals surface area (Å²) >= 11 is 0. The van der Waals surface area contributed by atoms with Gasteiger partial charge in [0.1, 0.15) is 11.4 Å². The Kier molecular flexibility index (Phi) is 6.70. The topological polar surface area (TPSA) is 64.1 Å². The Labute approximate surface area is 201 Å². The van der Waals surface area contributed by atoms with Gasteiger partial charge in [-0.25, -0.2) is 9.97 Å². The van der Waals surface area contributed by atoms with Crippen molar-refractivity contribution in [2.24, 2.45) is 5.92 Å². The van der Waals surface area contributed by atoms with E-state index in [2.05, 4.69) is 17.4 Å². The second-order valence-corrected chi connectivity index (χ2v) is 9.28. The summed E-state index contributed by atoms with van der Waals surface area (Å²) in [6, 6.07) is 16.2. The normalized spacial score (nSPS) is 15.6. The number of nitrogens with zero attached hydrogens (tertiary/aromatic N) is 2. The Balaban J connectivity index is 1.48. The average Bonchev–Trinajstić information content (AvgIpc) is 2.88. The Hall–Kier alpha value is -3.47. The van der Waals surface area contributed by atoms with E-state index in [4.69, 9.17) is 14.7 Å². The summed E-state index contributed by atoms with van der Waals surface area (Å²) in [7, 11) is 1.69. The summed E-state index contributed by atoms with van der Waals surface area (Å²) in [6.45, 7) is 0. The minimum absolute atomic E-state index is 0.0384. The molecule has 0 unspecified atom stereocenters. The van der Waals surface area contributed by atoms with E-state index >= 15 is 0 Å². The molecule has 5 nitrogen and oxygen atoms in total. The van der Waals surface area contributed by atoms with Gasteiger partial charge >= 0.3 is 0 Å². The van der Waals surface area contributed by atoms with Crippen molar-refractivity contribution in [2.75, 3.05) is 12.4 Å². The summed E-state index contributed by atoms with van der Waals surface area (Å²) in [6.07, 6.45) is 12.2. The number of nitrogens with one attached hydrogen (secondary N) is 1. The first kappa shape index (κ1) is 22.3. The van der Waals surface area contributed by atoms with E-state index in [1.54, 1.807) is 7.11 Å². The smallest absolute Gasteiger partial charge is 0.225 e. The highest BCUT2D eigenvalue weighted by molar-refractivity contribution is 5.92. The molecular weight excluding hydrogens is 422 g/mol. The first-order valence-corrected chi connectivity index (χ1v) is 12.3. The van der Waals surface area contributed by atoms with Gasteiger partial charge in [0, 0.05) is 12.0 Å². The largest absolute Gasteiger partial charge is 0.497 e. The van der Waals surface area contributed by atoms with Gasteiger partial charge in [-0.15, -0.1) is 0 Å². The second kappa shape index (κ2) is 10.2. The zero-order chi connectivity index (χ0) is 23.3. The van der Waals surface area contributed by atoms with Crippen LogP contribution in [0.4, 0.5) is 5.82 Å². The number of fused-ring (bicyclic) bond motifs is 3. The molecule has 34 heavy (non-hydrogen) atoms. The lowest BCUT2D eigenvalue weighted by atomic mass is 9.87. The van der Waals surface area contributed by atoms with Crippen LogP contribution in [0.3, 0.4) is 0 Å². The molecular formula is C29H31N3O2. The van der Waals surface area contributed by atoms with Crippen LogP contribution >= 0.6 is 0 Å². The SMILES string of the molecule is COc1ccc2c(c1)CCc1nc(NC(=O)CC3CCCCC3)c(/C=C/c3ccccc3)nc1-2. The van der Waals surface area contributed by atoms with Crippen LogP contribution in [0.15, 0.2) is 48.5 Å². The van der Waals surface area contributed by atoms with Gasteiger partial charge in [-0.1, -0.05) is 55.7 Å². The van der Waals surface area contributed by atoms with Gasteiger partial charge in [-0.3, -0.25) is 4.79 Å². The third-order valence-electron chi connectivity index (χ3n) is 6.88. The lowest BCUT2D eigenvalue weighted by molar-refractivity contribution is -0.117. The Morgan fingerprint density at radius 1 is 1.03 bits per heavy atom. The Morgan fingerprint density at radius 2 is 1.85 bits per heavy atom. The molecule has 2 aliphatic rings. The molecule has 0 radical (unpaired) electrons. The monoisotopic (exact) mass is 453 g/mol. The molecule has 5 heteroatoms. The molecule has 0 bridgehead atoms. The number of ether oxygens (including phenoxy) is 1. The van der Waals surface area contributed by atoms with Gasteiger partial charge < -0.3 is 10.1 Å². The minimum atomic E-state index is 0.0384. The number of anilines is 1. The quantitative estimate of drug-likeness (QED) is 0.474. The number of methoxy groups -OCH3 is 1. The third kappa shape index (κ3) is 5.04. The molecule has 2 aromatic carbocycles. The molecule has 0 atom stereocenters. The zero-order valence-electron chi connectivity index (χ0n) is 19.7. The highest BCUT2D eigenvalue weighted by Gasteiger charge is 2.23. The Morgan fingerprint density at radius 3 is 2.65 bits per heavy atom. The van der Waals surface area contributed by atoms with Crippen molar-refractivity contribution in [3.63, 3.8) is 0 Å². The fourth-order valence-corrected chi connectivity index (χ4v) is 5.05. The van der Waals surface area contributed by atoms with Crippen molar-refractivity contribution < 1.29 is 9.53 Å². The standard InChI is InChI=1S/C29H31N3O2/c1-34-23-14-15-24-22(19-23)13-17-25-28(24)30-26(16-12-20-8-4-2-5-9-20)29(31-25)32-27(33)18-21-10-6-3-7-11-21/h2,4-5,8-9,12,14-16,19,21H,3,6-7,10-11,13,17-18H2,1H3,(H,31,32,33)/b16-12+. The predicted molar refractivity (Wildman–Crippen MR) is 137 cm³/mol. The van der Waals surface area contributed by atoms with Crippen LogP contribution in [0.25, 0.3) is 23.4 Å². The number of benzene rings is 2. The molecule has 1 heterocycles. The first-order valence-electron chi connectivity index (χ1n) is 12.3. The van der Waals surface area contributed by atoms with E-state index in [0.29, 0.717) is 23.9 Å². The van der Waals surface area contributed by atoms with Crippen LogP contribution in [0.5, 0.6) is 5.75 Å². The minimum Gasteiger partial charge on any atom is -0.497 e. The number of rotatable bonds is 6. The molecule has 1 saturated carbocycles. The fraction of sp³-hybridized carbons (Fsp3) is 0.345. The van der Waals surface area contributed by atoms with Crippen LogP contribution in [0.2, 0.25) is 0 Å². The predicted octanol–water partition coefficient (Wildman–Crippen LogP) is 6.33. The molecule has 1 amide bonds. The van der Waals surface area contributed by atoms with E-state index in [9.17, 15) is 4.79 Å². The molecule has 2 aliphatic carbocycles. The summed E-state index contributed by atoms with van der Waals surface area (Å²) in [5.74, 6) is 1.93. The molecule has 0 saturated heterocycles. The summed E-state index contributed by atoms with van der Waals surface area (Å²) in [4.78, 5) is 22.9. The number of hydrogen-bond acceptors (Lipinski definition) is 4. The highest BCUT2D eigenvalue weighted by atomic mass is 16.5. The van der Waals surface area contributed by atoms with E-state index in [1.807, 2.05) is 48.6 Å². The van der Waals surface area contributed by atoms with Gasteiger partial charge in [0.15, 0.2) is 5.82 Å². The van der Waals surface area contributed by atoms with Crippen molar-refractivity contribution in [3.8, 4) is 17.0 Å².